The van der Waals surface area contributed by atoms with Gasteiger partial charge in [0.25, 0.3) is 0 Å². The highest BCUT2D eigenvalue weighted by Crippen LogP contribution is 2.35. The van der Waals surface area contributed by atoms with Gasteiger partial charge >= 0.3 is 18.2 Å². The first-order valence-electron chi connectivity index (χ1n) is 13.7. The van der Waals surface area contributed by atoms with Crippen LogP contribution in [0.25, 0.3) is 17.1 Å². The van der Waals surface area contributed by atoms with Gasteiger partial charge < -0.3 is 19.5 Å². The van der Waals surface area contributed by atoms with Crippen LogP contribution in [0.1, 0.15) is 52.9 Å². The Morgan fingerprint density at radius 2 is 1.72 bits per heavy atom. The van der Waals surface area contributed by atoms with E-state index in [0.29, 0.717) is 40.7 Å². The first-order chi connectivity index (χ1) is 20.7. The molecule has 224 valence electrons. The van der Waals surface area contributed by atoms with Crippen LogP contribution < -0.4 is 4.74 Å². The minimum atomic E-state index is -4.89. The van der Waals surface area contributed by atoms with Crippen LogP contribution in [0.15, 0.2) is 72.9 Å². The number of amides is 1. The lowest BCUT2D eigenvalue weighted by Crippen LogP contribution is -2.36. The largest absolute Gasteiger partial charge is 0.488 e. The van der Waals surface area contributed by atoms with E-state index in [0.717, 1.165) is 30.2 Å². The van der Waals surface area contributed by atoms with Crippen LogP contribution in [-0.4, -0.2) is 56.5 Å². The van der Waals surface area contributed by atoms with Gasteiger partial charge in [0.1, 0.15) is 17.9 Å². The number of alkyl halides is 3. The molecule has 1 aliphatic rings. The summed E-state index contributed by atoms with van der Waals surface area (Å²) in [4.78, 5) is 29.2. The summed E-state index contributed by atoms with van der Waals surface area (Å²) >= 11 is 0. The highest BCUT2D eigenvalue weighted by atomic mass is 19.4. The second-order valence-corrected chi connectivity index (χ2v) is 9.99. The Hall–Kier alpha value is -4.87. The molecule has 1 fully saturated rings. The maximum Gasteiger partial charge on any atom is 0.434 e. The van der Waals surface area contributed by atoms with Crippen LogP contribution in [0, 0.1) is 0 Å². The standard InChI is InChI=1S/C31H29F3N4O5/c1-2-42-29(39)24-18-35-38(28(24)31(32,33)34)27-9-5-7-25(36-27)23-6-3-4-8-26(23)43-19-20-10-12-21(13-11-20)22-14-16-37(17-15-22)30(40)41/h3-13,18,22H,2,14-17,19H2,1H3,(H,40,41). The van der Waals surface area contributed by atoms with Crippen molar-refractivity contribution in [2.75, 3.05) is 19.7 Å². The molecule has 3 heterocycles. The Morgan fingerprint density at radius 1 is 1.00 bits per heavy atom. The van der Waals surface area contributed by atoms with Crippen molar-refractivity contribution in [2.45, 2.75) is 38.5 Å². The van der Waals surface area contributed by atoms with Gasteiger partial charge in [0.05, 0.1) is 18.5 Å². The number of hydrogen-bond acceptors (Lipinski definition) is 6. The van der Waals surface area contributed by atoms with E-state index < -0.39 is 29.5 Å². The Morgan fingerprint density at radius 3 is 2.40 bits per heavy atom. The molecule has 1 amide bonds. The van der Waals surface area contributed by atoms with Crippen molar-refractivity contribution in [3.05, 3.63) is 95.3 Å². The zero-order valence-electron chi connectivity index (χ0n) is 23.3. The average molecular weight is 595 g/mol. The predicted octanol–water partition coefficient (Wildman–Crippen LogP) is 6.57. The topological polar surface area (TPSA) is 107 Å². The number of carbonyl (C=O) groups is 2. The van der Waals surface area contributed by atoms with Crippen molar-refractivity contribution >= 4 is 12.1 Å². The molecule has 0 unspecified atom stereocenters. The molecule has 0 aliphatic carbocycles. The second kappa shape index (κ2) is 12.6. The van der Waals surface area contributed by atoms with E-state index in [1.165, 1.54) is 17.9 Å². The number of halogens is 3. The molecule has 1 N–H and O–H groups in total. The van der Waals surface area contributed by atoms with Gasteiger partial charge in [-0.15, -0.1) is 0 Å². The Balaban J connectivity index is 1.34. The quantitative estimate of drug-likeness (QED) is 0.230. The molecular formula is C31H29F3N4O5. The van der Waals surface area contributed by atoms with Crippen LogP contribution in [0.4, 0.5) is 18.0 Å². The van der Waals surface area contributed by atoms with Crippen LogP contribution >= 0.6 is 0 Å². The molecule has 1 aliphatic heterocycles. The monoisotopic (exact) mass is 594 g/mol. The van der Waals surface area contributed by atoms with Crippen LogP contribution in [0.3, 0.4) is 0 Å². The zero-order chi connectivity index (χ0) is 30.6. The fraction of sp³-hybridized carbons (Fsp3) is 0.290. The van der Waals surface area contributed by atoms with E-state index >= 15 is 0 Å². The molecule has 9 nitrogen and oxygen atoms in total. The molecule has 4 aromatic rings. The van der Waals surface area contributed by atoms with Crippen LogP contribution in [0.2, 0.25) is 0 Å². The average Bonchev–Trinajstić information content (AvgIpc) is 3.47. The molecule has 0 bridgehead atoms. The number of ether oxygens (including phenoxy) is 2. The Kier molecular flexibility index (Phi) is 8.65. The van der Waals surface area contributed by atoms with E-state index in [2.05, 4.69) is 10.1 Å². The number of esters is 1. The number of nitrogens with zero attached hydrogens (tertiary/aromatic N) is 4. The van der Waals surface area contributed by atoms with E-state index in [-0.39, 0.29) is 19.0 Å². The molecule has 1 saturated heterocycles. The maximum absolute atomic E-state index is 14.0. The lowest BCUT2D eigenvalue weighted by molar-refractivity contribution is -0.143. The second-order valence-electron chi connectivity index (χ2n) is 9.99. The number of piperidine rings is 1. The van der Waals surface area contributed by atoms with Crippen molar-refractivity contribution in [3.63, 3.8) is 0 Å². The van der Waals surface area contributed by atoms with Gasteiger partial charge in [0.15, 0.2) is 11.5 Å². The smallest absolute Gasteiger partial charge is 0.434 e. The first-order valence-corrected chi connectivity index (χ1v) is 13.7. The van der Waals surface area contributed by atoms with Gasteiger partial charge in [-0.25, -0.2) is 19.3 Å². The number of pyridine rings is 1. The molecule has 0 spiro atoms. The summed E-state index contributed by atoms with van der Waals surface area (Å²) < 4.78 is 53.5. The fourth-order valence-corrected chi connectivity index (χ4v) is 5.10. The van der Waals surface area contributed by atoms with Crippen molar-refractivity contribution in [3.8, 4) is 22.8 Å². The minimum Gasteiger partial charge on any atom is -0.488 e. The van der Waals surface area contributed by atoms with E-state index in [1.807, 2.05) is 24.3 Å². The summed E-state index contributed by atoms with van der Waals surface area (Å²) in [7, 11) is 0. The molecule has 0 saturated carbocycles. The minimum absolute atomic E-state index is 0.0794. The lowest BCUT2D eigenvalue weighted by Gasteiger charge is -2.30. The van der Waals surface area contributed by atoms with Gasteiger partial charge in [-0.2, -0.15) is 18.3 Å². The number of carboxylic acid groups (broad SMARTS) is 1. The van der Waals surface area contributed by atoms with E-state index in [4.69, 9.17) is 14.6 Å². The normalized spacial score (nSPS) is 14.0. The van der Waals surface area contributed by atoms with Gasteiger partial charge in [0.2, 0.25) is 0 Å². The molecule has 2 aromatic carbocycles. The summed E-state index contributed by atoms with van der Waals surface area (Å²) in [5.74, 6) is -0.459. The number of likely N-dealkylation sites (tertiary alicyclic amines) is 1. The molecule has 12 heteroatoms. The number of carbonyl (C=O) groups excluding carboxylic acids is 1. The molecule has 5 rings (SSSR count). The SMILES string of the molecule is CCOC(=O)c1cnn(-c2cccc(-c3ccccc3OCc3ccc(C4CCN(C(=O)O)CC4)cc3)n2)c1C(F)(F)F. The lowest BCUT2D eigenvalue weighted by atomic mass is 9.89. The molecule has 43 heavy (non-hydrogen) atoms. The van der Waals surface area contributed by atoms with Crippen LogP contribution in [-0.2, 0) is 17.5 Å². The third-order valence-corrected chi connectivity index (χ3v) is 7.26. The van der Waals surface area contributed by atoms with Gasteiger partial charge in [0, 0.05) is 18.7 Å². The molecule has 2 aromatic heterocycles. The number of hydrogen-bond donors (Lipinski definition) is 1. The Bertz CT molecular complexity index is 1600. The number of rotatable bonds is 8. The molecular weight excluding hydrogens is 565 g/mol. The van der Waals surface area contributed by atoms with Crippen molar-refractivity contribution in [2.24, 2.45) is 0 Å². The number of benzene rings is 2. The van der Waals surface area contributed by atoms with Crippen molar-refractivity contribution < 1.29 is 37.3 Å². The van der Waals surface area contributed by atoms with Crippen molar-refractivity contribution in [1.29, 1.82) is 0 Å². The predicted molar refractivity (Wildman–Crippen MR) is 150 cm³/mol. The third kappa shape index (κ3) is 6.63. The molecule has 0 radical (unpaired) electrons. The summed E-state index contributed by atoms with van der Waals surface area (Å²) in [5.41, 5.74) is 1.03. The summed E-state index contributed by atoms with van der Waals surface area (Å²) in [6, 6.07) is 19.7. The maximum atomic E-state index is 14.0. The highest BCUT2D eigenvalue weighted by Gasteiger charge is 2.41. The van der Waals surface area contributed by atoms with Gasteiger partial charge in [-0.1, -0.05) is 42.5 Å². The van der Waals surface area contributed by atoms with E-state index in [9.17, 15) is 22.8 Å². The summed E-state index contributed by atoms with van der Waals surface area (Å²) in [5, 5.41) is 13.0. The highest BCUT2D eigenvalue weighted by molar-refractivity contribution is 5.90. The number of aromatic nitrogens is 3. The summed E-state index contributed by atoms with van der Waals surface area (Å²) in [6.07, 6.45) is -3.40. The third-order valence-electron chi connectivity index (χ3n) is 7.26. The Labute approximate surface area is 245 Å². The first kappa shape index (κ1) is 29.6. The van der Waals surface area contributed by atoms with E-state index in [1.54, 1.807) is 36.4 Å². The van der Waals surface area contributed by atoms with Gasteiger partial charge in [-0.05, 0) is 61.1 Å². The summed E-state index contributed by atoms with van der Waals surface area (Å²) in [6.45, 7) is 2.70. The number of para-hydroxylation sites is 1. The zero-order valence-corrected chi connectivity index (χ0v) is 23.3. The fourth-order valence-electron chi connectivity index (χ4n) is 5.10. The van der Waals surface area contributed by atoms with Crippen molar-refractivity contribution in [1.82, 2.24) is 19.7 Å². The van der Waals surface area contributed by atoms with Gasteiger partial charge in [-0.3, -0.25) is 0 Å². The molecule has 0 atom stereocenters. The van der Waals surface area contributed by atoms with Crippen LogP contribution in [0.5, 0.6) is 5.75 Å².